The molecule has 1 heterocycles. The van der Waals surface area contributed by atoms with Gasteiger partial charge in [0.15, 0.2) is 9.84 Å². The number of nitrogens with zero attached hydrogens (tertiary/aromatic N) is 1. The van der Waals surface area contributed by atoms with Crippen molar-refractivity contribution in [2.24, 2.45) is 0 Å². The molecule has 5 heteroatoms. The second-order valence-electron chi connectivity index (χ2n) is 5.64. The predicted octanol–water partition coefficient (Wildman–Crippen LogP) is 2.45. The summed E-state index contributed by atoms with van der Waals surface area (Å²) in [6.45, 7) is 7.04. The van der Waals surface area contributed by atoms with Gasteiger partial charge in [-0.15, -0.1) is 0 Å². The molecule has 0 aliphatic carbocycles. The Hall–Kier alpha value is -1.07. The fourth-order valence-corrected chi connectivity index (χ4v) is 4.17. The highest BCUT2D eigenvalue weighted by atomic mass is 32.2. The van der Waals surface area contributed by atoms with E-state index in [-0.39, 0.29) is 5.75 Å². The molecule has 1 N–H and O–H groups in total. The van der Waals surface area contributed by atoms with E-state index in [1.54, 1.807) is 12.1 Å². The number of hydrogen-bond acceptors (Lipinski definition) is 4. The summed E-state index contributed by atoms with van der Waals surface area (Å²) < 4.78 is 24.1. The van der Waals surface area contributed by atoms with Crippen LogP contribution in [0.15, 0.2) is 29.2 Å². The van der Waals surface area contributed by atoms with E-state index in [2.05, 4.69) is 17.1 Å². The summed E-state index contributed by atoms with van der Waals surface area (Å²) in [7, 11) is -3.11. The molecule has 2 rings (SSSR count). The van der Waals surface area contributed by atoms with Crippen LogP contribution in [0.3, 0.4) is 0 Å². The normalized spacial score (nSPS) is 18.9. The number of hydrogen-bond donors (Lipinski definition) is 1. The zero-order valence-corrected chi connectivity index (χ0v) is 13.8. The van der Waals surface area contributed by atoms with Crippen molar-refractivity contribution in [3.63, 3.8) is 0 Å². The van der Waals surface area contributed by atoms with Crippen LogP contribution in [0, 0.1) is 0 Å². The summed E-state index contributed by atoms with van der Waals surface area (Å²) in [6.07, 6.45) is 3.12. The Morgan fingerprint density at radius 1 is 1.24 bits per heavy atom. The lowest BCUT2D eigenvalue weighted by Crippen LogP contribution is -2.37. The molecule has 0 amide bonds. The third-order valence-corrected chi connectivity index (χ3v) is 5.95. The molecule has 0 bridgehead atoms. The van der Waals surface area contributed by atoms with Gasteiger partial charge in [0.2, 0.25) is 0 Å². The van der Waals surface area contributed by atoms with E-state index in [1.165, 1.54) is 12.8 Å². The van der Waals surface area contributed by atoms with Gasteiger partial charge in [-0.3, -0.25) is 0 Å². The molecule has 21 heavy (non-hydrogen) atoms. The first-order chi connectivity index (χ1) is 10.1. The molecule has 1 aliphatic heterocycles. The fraction of sp³-hybridized carbons (Fsp3) is 0.625. The van der Waals surface area contributed by atoms with E-state index >= 15 is 0 Å². The van der Waals surface area contributed by atoms with Crippen LogP contribution >= 0.6 is 0 Å². The summed E-state index contributed by atoms with van der Waals surface area (Å²) in [5.74, 6) is 0.218. The fourth-order valence-electron chi connectivity index (χ4n) is 2.85. The zero-order chi connectivity index (χ0) is 15.3. The molecule has 1 aromatic carbocycles. The topological polar surface area (TPSA) is 49.4 Å². The van der Waals surface area contributed by atoms with Gasteiger partial charge in [0, 0.05) is 24.8 Å². The second-order valence-corrected chi connectivity index (χ2v) is 7.75. The highest BCUT2D eigenvalue weighted by Crippen LogP contribution is 2.20. The van der Waals surface area contributed by atoms with Crippen LogP contribution in [0.5, 0.6) is 0 Å². The van der Waals surface area contributed by atoms with E-state index in [1.807, 2.05) is 19.1 Å². The highest BCUT2D eigenvalue weighted by Gasteiger charge is 2.18. The lowest BCUT2D eigenvalue weighted by atomic mass is 10.2. The van der Waals surface area contributed by atoms with Crippen molar-refractivity contribution in [3.8, 4) is 0 Å². The maximum atomic E-state index is 12.0. The Morgan fingerprint density at radius 2 is 1.95 bits per heavy atom. The first kappa shape index (κ1) is 16.3. The molecule has 0 radical (unpaired) electrons. The van der Waals surface area contributed by atoms with Gasteiger partial charge in [-0.05, 0) is 57.0 Å². The smallest absolute Gasteiger partial charge is 0.178 e. The molecule has 0 aromatic heterocycles. The van der Waals surface area contributed by atoms with Crippen molar-refractivity contribution < 1.29 is 8.42 Å². The molecule has 0 saturated carbocycles. The number of rotatable bonds is 7. The minimum Gasteiger partial charge on any atom is -0.370 e. The van der Waals surface area contributed by atoms with Crippen molar-refractivity contribution in [2.45, 2.75) is 44.0 Å². The predicted molar refractivity (Wildman–Crippen MR) is 87.7 cm³/mol. The third-order valence-electron chi connectivity index (χ3n) is 4.02. The van der Waals surface area contributed by atoms with Gasteiger partial charge in [-0.2, -0.15) is 0 Å². The van der Waals surface area contributed by atoms with Crippen LogP contribution in [-0.4, -0.2) is 39.8 Å². The van der Waals surface area contributed by atoms with Gasteiger partial charge >= 0.3 is 0 Å². The number of benzene rings is 1. The SMILES string of the molecule is CCCS(=O)(=O)c1ccc(N(CC)CC2CCCN2)cc1. The Morgan fingerprint density at radius 3 is 2.48 bits per heavy atom. The summed E-state index contributed by atoms with van der Waals surface area (Å²) in [6, 6.07) is 7.89. The molecule has 4 nitrogen and oxygen atoms in total. The van der Waals surface area contributed by atoms with Crippen molar-refractivity contribution >= 4 is 15.5 Å². The van der Waals surface area contributed by atoms with Crippen LogP contribution in [0.25, 0.3) is 0 Å². The summed E-state index contributed by atoms with van der Waals surface area (Å²) in [4.78, 5) is 2.74. The zero-order valence-electron chi connectivity index (χ0n) is 13.0. The largest absolute Gasteiger partial charge is 0.370 e. The minimum atomic E-state index is -3.11. The molecular formula is C16H26N2O2S. The first-order valence-corrected chi connectivity index (χ1v) is 9.53. The molecule has 1 aromatic rings. The van der Waals surface area contributed by atoms with Gasteiger partial charge < -0.3 is 10.2 Å². The average molecular weight is 310 g/mol. The lowest BCUT2D eigenvalue weighted by molar-refractivity contribution is 0.586. The van der Waals surface area contributed by atoms with Crippen LogP contribution in [0.4, 0.5) is 5.69 Å². The Balaban J connectivity index is 2.09. The van der Waals surface area contributed by atoms with Crippen LogP contribution < -0.4 is 10.2 Å². The number of anilines is 1. The second kappa shape index (κ2) is 7.27. The van der Waals surface area contributed by atoms with Crippen molar-refractivity contribution in [1.82, 2.24) is 5.32 Å². The quantitative estimate of drug-likeness (QED) is 0.840. The molecule has 1 fully saturated rings. The summed E-state index contributed by atoms with van der Waals surface area (Å²) in [5, 5.41) is 3.51. The summed E-state index contributed by atoms with van der Waals surface area (Å²) in [5.41, 5.74) is 1.10. The van der Waals surface area contributed by atoms with Crippen LogP contribution in [-0.2, 0) is 9.84 Å². The molecular weight excluding hydrogens is 284 g/mol. The van der Waals surface area contributed by atoms with Gasteiger partial charge in [0.1, 0.15) is 0 Å². The van der Waals surface area contributed by atoms with Gasteiger partial charge in [0.05, 0.1) is 10.6 Å². The summed E-state index contributed by atoms with van der Waals surface area (Å²) >= 11 is 0. The maximum absolute atomic E-state index is 12.0. The van der Waals surface area contributed by atoms with E-state index in [0.29, 0.717) is 17.4 Å². The molecule has 118 valence electrons. The number of likely N-dealkylation sites (N-methyl/N-ethyl adjacent to an activating group) is 1. The molecule has 1 atom stereocenters. The van der Waals surface area contributed by atoms with E-state index in [4.69, 9.17) is 0 Å². The van der Waals surface area contributed by atoms with Crippen LogP contribution in [0.2, 0.25) is 0 Å². The van der Waals surface area contributed by atoms with E-state index in [0.717, 1.165) is 25.3 Å². The van der Waals surface area contributed by atoms with E-state index < -0.39 is 9.84 Å². The third kappa shape index (κ3) is 4.20. The van der Waals surface area contributed by atoms with Gasteiger partial charge in [0.25, 0.3) is 0 Å². The first-order valence-electron chi connectivity index (χ1n) is 7.88. The molecule has 0 spiro atoms. The molecule has 1 aliphatic rings. The van der Waals surface area contributed by atoms with Crippen LogP contribution in [0.1, 0.15) is 33.1 Å². The van der Waals surface area contributed by atoms with Crippen molar-refractivity contribution in [2.75, 3.05) is 30.3 Å². The van der Waals surface area contributed by atoms with Crippen molar-refractivity contribution in [3.05, 3.63) is 24.3 Å². The van der Waals surface area contributed by atoms with Crippen molar-refractivity contribution in [1.29, 1.82) is 0 Å². The van der Waals surface area contributed by atoms with Gasteiger partial charge in [-0.25, -0.2) is 8.42 Å². The highest BCUT2D eigenvalue weighted by molar-refractivity contribution is 7.91. The Labute approximate surface area is 128 Å². The standard InChI is InChI=1S/C16H26N2O2S/c1-3-12-21(19,20)16-9-7-15(8-10-16)18(4-2)13-14-6-5-11-17-14/h7-10,14,17H,3-6,11-13H2,1-2H3. The van der Waals surface area contributed by atoms with Gasteiger partial charge in [-0.1, -0.05) is 6.92 Å². The van der Waals surface area contributed by atoms with E-state index in [9.17, 15) is 8.42 Å². The average Bonchev–Trinajstić information content (AvgIpc) is 2.98. The Bertz CT molecular complexity index is 534. The monoisotopic (exact) mass is 310 g/mol. The number of nitrogens with one attached hydrogen (secondary N) is 1. The minimum absolute atomic E-state index is 0.218. The number of sulfone groups is 1. The molecule has 1 unspecified atom stereocenters. The Kier molecular flexibility index (Phi) is 5.65. The lowest BCUT2D eigenvalue weighted by Gasteiger charge is -2.26. The molecule has 1 saturated heterocycles. The maximum Gasteiger partial charge on any atom is 0.178 e.